The number of amides is 1. The third kappa shape index (κ3) is 3.17. The molecule has 4 aromatic rings. The summed E-state index contributed by atoms with van der Waals surface area (Å²) in [4.78, 5) is 12.7. The van der Waals surface area contributed by atoms with Crippen LogP contribution in [0.3, 0.4) is 0 Å². The molecule has 0 bridgehead atoms. The van der Waals surface area contributed by atoms with E-state index in [0.717, 1.165) is 16.6 Å². The maximum absolute atomic E-state index is 12.7. The number of aryl methyl sites for hydroxylation is 1. The second-order valence-corrected chi connectivity index (χ2v) is 7.01. The summed E-state index contributed by atoms with van der Waals surface area (Å²) in [6.07, 6.45) is 5.37. The van der Waals surface area contributed by atoms with Gasteiger partial charge in [0.1, 0.15) is 11.8 Å². The van der Waals surface area contributed by atoms with Crippen molar-refractivity contribution in [3.63, 3.8) is 0 Å². The minimum atomic E-state index is -0.261. The van der Waals surface area contributed by atoms with Crippen LogP contribution in [0.1, 0.15) is 15.9 Å². The Morgan fingerprint density at radius 2 is 2.07 bits per heavy atom. The van der Waals surface area contributed by atoms with Crippen LogP contribution < -0.4 is 5.32 Å². The highest BCUT2D eigenvalue weighted by Gasteiger charge is 2.14. The van der Waals surface area contributed by atoms with Gasteiger partial charge in [-0.15, -0.1) is 0 Å². The lowest BCUT2D eigenvalue weighted by molar-refractivity contribution is 0.102. The van der Waals surface area contributed by atoms with Crippen LogP contribution >= 0.6 is 22.6 Å². The molecule has 2 aromatic carbocycles. The fraction of sp³-hybridized carbons (Fsp3) is 0.0526. The molecule has 7 nitrogen and oxygen atoms in total. The van der Waals surface area contributed by atoms with Gasteiger partial charge in [-0.2, -0.15) is 15.5 Å². The normalized spacial score (nSPS) is 10.7. The predicted octanol–water partition coefficient (Wildman–Crippen LogP) is 3.49. The fourth-order valence-corrected chi connectivity index (χ4v) is 3.54. The molecule has 0 aliphatic carbocycles. The van der Waals surface area contributed by atoms with Crippen molar-refractivity contribution in [2.24, 2.45) is 7.05 Å². The summed E-state index contributed by atoms with van der Waals surface area (Å²) in [7, 11) is 1.85. The van der Waals surface area contributed by atoms with Gasteiger partial charge in [0.15, 0.2) is 0 Å². The molecule has 0 aliphatic rings. The molecule has 2 aromatic heterocycles. The number of nitrogens with one attached hydrogen (secondary N) is 1. The molecule has 4 rings (SSSR count). The van der Waals surface area contributed by atoms with E-state index < -0.39 is 0 Å². The van der Waals surface area contributed by atoms with Crippen LogP contribution in [0, 0.1) is 14.9 Å². The molecular formula is C19H13IN6O. The van der Waals surface area contributed by atoms with Gasteiger partial charge in [0, 0.05) is 21.7 Å². The van der Waals surface area contributed by atoms with E-state index in [0.29, 0.717) is 20.4 Å². The van der Waals surface area contributed by atoms with Gasteiger partial charge >= 0.3 is 0 Å². The molecule has 0 atom stereocenters. The second kappa shape index (κ2) is 6.85. The van der Waals surface area contributed by atoms with Crippen LogP contribution in [-0.4, -0.2) is 25.5 Å². The maximum Gasteiger partial charge on any atom is 0.256 e. The molecule has 1 amide bonds. The average Bonchev–Trinajstić information content (AvgIpc) is 3.27. The number of nitriles is 1. The smallest absolute Gasteiger partial charge is 0.256 e. The molecule has 0 spiro atoms. The summed E-state index contributed by atoms with van der Waals surface area (Å²) in [5.74, 6) is -0.261. The first-order valence-corrected chi connectivity index (χ1v) is 9.11. The number of fused-ring (bicyclic) bond motifs is 1. The summed E-state index contributed by atoms with van der Waals surface area (Å²) in [5.41, 5.74) is 3.30. The first-order chi connectivity index (χ1) is 13.1. The number of halogens is 1. The lowest BCUT2D eigenvalue weighted by Crippen LogP contribution is -2.14. The number of aromatic nitrogens is 4. The van der Waals surface area contributed by atoms with E-state index >= 15 is 0 Å². The zero-order valence-corrected chi connectivity index (χ0v) is 16.4. The van der Waals surface area contributed by atoms with Crippen LogP contribution in [0.25, 0.3) is 16.6 Å². The molecule has 1 N–H and O–H groups in total. The largest absolute Gasteiger partial charge is 0.322 e. The minimum absolute atomic E-state index is 0.261. The van der Waals surface area contributed by atoms with E-state index in [4.69, 9.17) is 5.26 Å². The zero-order valence-electron chi connectivity index (χ0n) is 14.2. The quantitative estimate of drug-likeness (QED) is 0.467. The number of hydrogen-bond acceptors (Lipinski definition) is 4. The highest BCUT2D eigenvalue weighted by molar-refractivity contribution is 14.1. The van der Waals surface area contributed by atoms with Crippen LogP contribution in [-0.2, 0) is 7.05 Å². The Morgan fingerprint density at radius 1 is 1.22 bits per heavy atom. The highest BCUT2D eigenvalue weighted by Crippen LogP contribution is 2.23. The van der Waals surface area contributed by atoms with E-state index in [2.05, 4.69) is 21.6 Å². The first kappa shape index (κ1) is 17.2. The highest BCUT2D eigenvalue weighted by atomic mass is 127. The Kier molecular flexibility index (Phi) is 4.37. The summed E-state index contributed by atoms with van der Waals surface area (Å²) < 4.78 is 4.12. The Morgan fingerprint density at radius 3 is 2.81 bits per heavy atom. The Bertz CT molecular complexity index is 1220. The molecule has 0 unspecified atom stereocenters. The molecule has 0 radical (unpaired) electrons. The molecule has 132 valence electrons. The summed E-state index contributed by atoms with van der Waals surface area (Å²) in [6.45, 7) is 0. The molecule has 0 fully saturated rings. The van der Waals surface area contributed by atoms with E-state index in [1.165, 1.54) is 0 Å². The second-order valence-electron chi connectivity index (χ2n) is 5.94. The average molecular weight is 468 g/mol. The summed E-state index contributed by atoms with van der Waals surface area (Å²) in [6, 6.07) is 12.8. The van der Waals surface area contributed by atoms with Gasteiger partial charge in [0.05, 0.1) is 35.2 Å². The van der Waals surface area contributed by atoms with Crippen molar-refractivity contribution in [1.29, 1.82) is 5.26 Å². The SMILES string of the molecule is Cn1cc(-n2ncc3ccc(NC(=O)c4cccc(C#N)c4I)cc32)cn1. The molecular weight excluding hydrogens is 455 g/mol. The van der Waals surface area contributed by atoms with Crippen LogP contribution in [0.5, 0.6) is 0 Å². The van der Waals surface area contributed by atoms with Crippen molar-refractivity contribution in [2.45, 2.75) is 0 Å². The third-order valence-corrected chi connectivity index (χ3v) is 5.29. The number of anilines is 1. The zero-order chi connectivity index (χ0) is 19.0. The van der Waals surface area contributed by atoms with Gasteiger partial charge < -0.3 is 5.32 Å². The maximum atomic E-state index is 12.7. The third-order valence-electron chi connectivity index (χ3n) is 4.13. The van der Waals surface area contributed by atoms with Crippen molar-refractivity contribution >= 4 is 45.1 Å². The molecule has 0 aliphatic heterocycles. The molecule has 0 saturated carbocycles. The Balaban J connectivity index is 1.69. The van der Waals surface area contributed by atoms with Gasteiger partial charge in [0.2, 0.25) is 0 Å². The van der Waals surface area contributed by atoms with Crippen LogP contribution in [0.15, 0.2) is 55.0 Å². The number of nitrogens with zero attached hydrogens (tertiary/aromatic N) is 5. The fourth-order valence-electron chi connectivity index (χ4n) is 2.81. The van der Waals surface area contributed by atoms with Crippen molar-refractivity contribution in [2.75, 3.05) is 5.32 Å². The molecule has 0 saturated heterocycles. The number of carbonyl (C=O) groups is 1. The van der Waals surface area contributed by atoms with Gasteiger partial charge in [-0.05, 0) is 52.9 Å². The number of hydrogen-bond donors (Lipinski definition) is 1. The summed E-state index contributed by atoms with van der Waals surface area (Å²) >= 11 is 2.02. The Labute approximate surface area is 168 Å². The standard InChI is InChI=1S/C19H13IN6O/c1-25-11-15(10-22-25)26-17-7-14(6-5-13(17)9-23-26)24-19(27)16-4-2-3-12(8-21)18(16)20/h2-7,9-11H,1H3,(H,24,27). The van der Waals surface area contributed by atoms with Crippen molar-refractivity contribution in [3.05, 3.63) is 69.7 Å². The molecule has 8 heteroatoms. The van der Waals surface area contributed by atoms with Crippen LogP contribution in [0.2, 0.25) is 0 Å². The molecule has 27 heavy (non-hydrogen) atoms. The topological polar surface area (TPSA) is 88.5 Å². The number of benzene rings is 2. The van der Waals surface area contributed by atoms with Crippen molar-refractivity contribution in [1.82, 2.24) is 19.6 Å². The lowest BCUT2D eigenvalue weighted by Gasteiger charge is -2.08. The monoisotopic (exact) mass is 468 g/mol. The predicted molar refractivity (Wildman–Crippen MR) is 110 cm³/mol. The lowest BCUT2D eigenvalue weighted by atomic mass is 10.1. The minimum Gasteiger partial charge on any atom is -0.322 e. The van der Waals surface area contributed by atoms with Gasteiger partial charge in [-0.1, -0.05) is 6.07 Å². The molecule has 2 heterocycles. The van der Waals surface area contributed by atoms with E-state index in [1.54, 1.807) is 40.0 Å². The number of rotatable bonds is 3. The van der Waals surface area contributed by atoms with Crippen molar-refractivity contribution < 1.29 is 4.79 Å². The van der Waals surface area contributed by atoms with E-state index in [9.17, 15) is 4.79 Å². The van der Waals surface area contributed by atoms with Gasteiger partial charge in [-0.3, -0.25) is 9.48 Å². The van der Waals surface area contributed by atoms with Crippen LogP contribution in [0.4, 0.5) is 5.69 Å². The Hall–Kier alpha value is -3.19. The first-order valence-electron chi connectivity index (χ1n) is 8.03. The van der Waals surface area contributed by atoms with E-state index in [-0.39, 0.29) is 5.91 Å². The van der Waals surface area contributed by atoms with E-state index in [1.807, 2.05) is 54.0 Å². The number of carbonyl (C=O) groups excluding carboxylic acids is 1. The van der Waals surface area contributed by atoms with Gasteiger partial charge in [-0.25, -0.2) is 4.68 Å². The van der Waals surface area contributed by atoms with Crippen molar-refractivity contribution in [3.8, 4) is 11.8 Å². The van der Waals surface area contributed by atoms with Gasteiger partial charge in [0.25, 0.3) is 5.91 Å². The summed E-state index contributed by atoms with van der Waals surface area (Å²) in [5, 5.41) is 21.6.